The van der Waals surface area contributed by atoms with E-state index >= 15 is 0 Å². The van der Waals surface area contributed by atoms with E-state index in [0.717, 1.165) is 35.2 Å². The molecule has 2 aromatic carbocycles. The molecule has 168 valence electrons. The lowest BCUT2D eigenvalue weighted by Crippen LogP contribution is -2.32. The van der Waals surface area contributed by atoms with Crippen molar-refractivity contribution in [1.29, 1.82) is 0 Å². The zero-order valence-corrected chi connectivity index (χ0v) is 18.6. The Morgan fingerprint density at radius 2 is 1.91 bits per heavy atom. The van der Waals surface area contributed by atoms with E-state index in [1.165, 1.54) is 6.07 Å². The molecule has 6 nitrogen and oxygen atoms in total. The number of hydrogen-bond acceptors (Lipinski definition) is 4. The van der Waals surface area contributed by atoms with E-state index in [-0.39, 0.29) is 18.3 Å². The lowest BCUT2D eigenvalue weighted by molar-refractivity contribution is 0.0922. The summed E-state index contributed by atoms with van der Waals surface area (Å²) in [5.74, 6) is -0.124. The molecule has 7 heteroatoms. The summed E-state index contributed by atoms with van der Waals surface area (Å²) in [6.45, 7) is 1.97. The second kappa shape index (κ2) is 8.65. The predicted octanol–water partition coefficient (Wildman–Crippen LogP) is 4.84. The Labute approximate surface area is 191 Å². The van der Waals surface area contributed by atoms with Gasteiger partial charge in [0.15, 0.2) is 17.2 Å². The van der Waals surface area contributed by atoms with E-state index in [1.54, 1.807) is 22.9 Å². The quantitative estimate of drug-likeness (QED) is 0.443. The van der Waals surface area contributed by atoms with Gasteiger partial charge in [0.05, 0.1) is 22.7 Å². The third-order valence-corrected chi connectivity index (χ3v) is 5.98. The molecule has 1 fully saturated rings. The van der Waals surface area contributed by atoms with Gasteiger partial charge in [0.1, 0.15) is 6.61 Å². The van der Waals surface area contributed by atoms with Crippen molar-refractivity contribution in [3.8, 4) is 5.75 Å². The van der Waals surface area contributed by atoms with Crippen LogP contribution in [-0.4, -0.2) is 27.3 Å². The van der Waals surface area contributed by atoms with E-state index in [1.807, 2.05) is 50.4 Å². The maximum Gasteiger partial charge on any atom is 0.252 e. The summed E-state index contributed by atoms with van der Waals surface area (Å²) in [5.41, 5.74) is 3.82. The number of nitrogens with zero attached hydrogens (tertiary/aromatic N) is 3. The largest absolute Gasteiger partial charge is 0.488 e. The van der Waals surface area contributed by atoms with E-state index < -0.39 is 11.9 Å². The Morgan fingerprint density at radius 1 is 1.18 bits per heavy atom. The Bertz CT molecular complexity index is 1310. The molecule has 0 spiro atoms. The van der Waals surface area contributed by atoms with Crippen molar-refractivity contribution >= 4 is 16.9 Å². The number of carbonyl (C=O) groups is 1. The first-order chi connectivity index (χ1) is 16.0. The van der Waals surface area contributed by atoms with Crippen LogP contribution in [0.4, 0.5) is 4.39 Å². The number of para-hydroxylation sites is 1. The van der Waals surface area contributed by atoms with Crippen LogP contribution in [0.25, 0.3) is 11.0 Å². The predicted molar refractivity (Wildman–Crippen MR) is 124 cm³/mol. The van der Waals surface area contributed by atoms with Crippen LogP contribution < -0.4 is 10.1 Å². The highest BCUT2D eigenvalue weighted by molar-refractivity contribution is 6.06. The fourth-order valence-corrected chi connectivity index (χ4v) is 4.11. The van der Waals surface area contributed by atoms with Gasteiger partial charge in [0.2, 0.25) is 0 Å². The number of aryl methyl sites for hydroxylation is 2. The van der Waals surface area contributed by atoms with Crippen LogP contribution in [0.1, 0.15) is 52.1 Å². The van der Waals surface area contributed by atoms with Crippen LogP contribution in [-0.2, 0) is 7.05 Å². The minimum atomic E-state index is -0.470. The van der Waals surface area contributed by atoms with Gasteiger partial charge in [-0.05, 0) is 43.5 Å². The minimum Gasteiger partial charge on any atom is -0.488 e. The topological polar surface area (TPSA) is 69.0 Å². The normalized spacial score (nSPS) is 14.3. The van der Waals surface area contributed by atoms with E-state index in [9.17, 15) is 9.18 Å². The van der Waals surface area contributed by atoms with Gasteiger partial charge in [-0.15, -0.1) is 0 Å². The van der Waals surface area contributed by atoms with E-state index in [4.69, 9.17) is 9.72 Å². The summed E-state index contributed by atoms with van der Waals surface area (Å²) in [4.78, 5) is 18.3. The highest BCUT2D eigenvalue weighted by Gasteiger charge is 2.29. The van der Waals surface area contributed by atoms with E-state index in [0.29, 0.717) is 17.1 Å². The molecule has 0 bridgehead atoms. The number of fused-ring (bicyclic) bond motifs is 1. The Hall–Kier alpha value is -3.74. The summed E-state index contributed by atoms with van der Waals surface area (Å²) in [7, 11) is 1.84. The second-order valence-corrected chi connectivity index (χ2v) is 8.45. The van der Waals surface area contributed by atoms with Gasteiger partial charge in [-0.25, -0.2) is 9.37 Å². The molecular weight excluding hydrogens is 419 g/mol. The fraction of sp³-hybridized carbons (Fsp3) is 0.269. The first kappa shape index (κ1) is 21.1. The Morgan fingerprint density at radius 3 is 2.64 bits per heavy atom. The molecule has 1 N–H and O–H groups in total. The molecule has 0 saturated heterocycles. The van der Waals surface area contributed by atoms with Crippen molar-refractivity contribution in [2.45, 2.75) is 31.7 Å². The summed E-state index contributed by atoms with van der Waals surface area (Å²) in [5, 5.41) is 8.34. The van der Waals surface area contributed by atoms with E-state index in [2.05, 4.69) is 10.4 Å². The van der Waals surface area contributed by atoms with Crippen LogP contribution in [0.3, 0.4) is 0 Å². The number of rotatable bonds is 7. The number of amides is 1. The van der Waals surface area contributed by atoms with Gasteiger partial charge in [-0.3, -0.25) is 9.48 Å². The number of nitrogens with one attached hydrogen (secondary N) is 1. The molecule has 1 atom stereocenters. The molecule has 0 aliphatic heterocycles. The van der Waals surface area contributed by atoms with Crippen molar-refractivity contribution in [1.82, 2.24) is 20.1 Å². The number of carbonyl (C=O) groups excluding carboxylic acids is 1. The first-order valence-electron chi connectivity index (χ1n) is 11.1. The third-order valence-electron chi connectivity index (χ3n) is 5.98. The average molecular weight is 445 g/mol. The lowest BCUT2D eigenvalue weighted by Gasteiger charge is -2.20. The minimum absolute atomic E-state index is 0.0897. The number of benzene rings is 2. The van der Waals surface area contributed by atoms with Gasteiger partial charge >= 0.3 is 0 Å². The molecule has 2 aromatic heterocycles. The fourth-order valence-electron chi connectivity index (χ4n) is 4.11. The molecule has 4 aromatic rings. The van der Waals surface area contributed by atoms with Crippen LogP contribution >= 0.6 is 0 Å². The van der Waals surface area contributed by atoms with Crippen molar-refractivity contribution in [3.05, 3.63) is 89.0 Å². The van der Waals surface area contributed by atoms with Gasteiger partial charge in [-0.2, -0.15) is 5.10 Å². The smallest absolute Gasteiger partial charge is 0.252 e. The molecule has 5 rings (SSSR count). The van der Waals surface area contributed by atoms with Crippen molar-refractivity contribution < 1.29 is 13.9 Å². The van der Waals surface area contributed by atoms with Gasteiger partial charge in [0, 0.05) is 18.7 Å². The lowest BCUT2D eigenvalue weighted by atomic mass is 10.0. The molecule has 2 heterocycles. The number of hydrogen-bond donors (Lipinski definition) is 1. The maximum atomic E-state index is 14.1. The summed E-state index contributed by atoms with van der Waals surface area (Å²) >= 11 is 0. The Balaban J connectivity index is 1.47. The standard InChI is InChI=1S/C26H25FN4O2/c1-16-24-19(14-21(18-12-13-18)28-25(24)31(2)30-16)26(32)29-22(17-8-4-3-5-9-17)15-33-23-11-7-6-10-20(23)27/h3-11,14,18,22H,12-13,15H2,1-2H3,(H,29,32). The molecule has 1 aliphatic rings. The van der Waals surface area contributed by atoms with Crippen LogP contribution in [0.2, 0.25) is 0 Å². The molecule has 1 saturated carbocycles. The number of ether oxygens (including phenoxy) is 1. The van der Waals surface area contributed by atoms with Crippen molar-refractivity contribution in [2.75, 3.05) is 6.61 Å². The zero-order valence-electron chi connectivity index (χ0n) is 18.6. The molecule has 1 aliphatic carbocycles. The number of pyridine rings is 1. The highest BCUT2D eigenvalue weighted by Crippen LogP contribution is 2.40. The average Bonchev–Trinajstić information content (AvgIpc) is 3.63. The number of aromatic nitrogens is 3. The van der Waals surface area contributed by atoms with Crippen LogP contribution in [0.15, 0.2) is 60.7 Å². The third kappa shape index (κ3) is 4.31. The van der Waals surface area contributed by atoms with Gasteiger partial charge < -0.3 is 10.1 Å². The zero-order chi connectivity index (χ0) is 22.9. The summed E-state index contributed by atoms with van der Waals surface area (Å²) < 4.78 is 21.6. The second-order valence-electron chi connectivity index (χ2n) is 8.45. The highest BCUT2D eigenvalue weighted by atomic mass is 19.1. The summed E-state index contributed by atoms with van der Waals surface area (Å²) in [6.07, 6.45) is 2.17. The van der Waals surface area contributed by atoms with Crippen molar-refractivity contribution in [2.24, 2.45) is 7.05 Å². The maximum absolute atomic E-state index is 14.1. The van der Waals surface area contributed by atoms with Gasteiger partial charge in [-0.1, -0.05) is 42.5 Å². The monoisotopic (exact) mass is 444 g/mol. The SMILES string of the molecule is Cc1nn(C)c2nc(C3CC3)cc(C(=O)NC(COc3ccccc3F)c3ccccc3)c12. The number of halogens is 1. The molecule has 0 radical (unpaired) electrons. The Kier molecular flexibility index (Phi) is 5.54. The molecule has 1 amide bonds. The molecular formula is C26H25FN4O2. The van der Waals surface area contributed by atoms with Crippen LogP contribution in [0.5, 0.6) is 5.75 Å². The van der Waals surface area contributed by atoms with Gasteiger partial charge in [0.25, 0.3) is 5.91 Å². The summed E-state index contributed by atoms with van der Waals surface area (Å²) in [6, 6.07) is 17.2. The van der Waals surface area contributed by atoms with Crippen LogP contribution in [0, 0.1) is 12.7 Å². The van der Waals surface area contributed by atoms with Crippen molar-refractivity contribution in [3.63, 3.8) is 0 Å². The molecule has 1 unspecified atom stereocenters. The molecule has 33 heavy (non-hydrogen) atoms. The first-order valence-corrected chi connectivity index (χ1v) is 11.1.